The van der Waals surface area contributed by atoms with Gasteiger partial charge in [-0.25, -0.2) is 8.42 Å². The van der Waals surface area contributed by atoms with Gasteiger partial charge in [0.2, 0.25) is 5.91 Å². The van der Waals surface area contributed by atoms with Crippen molar-refractivity contribution in [3.05, 3.63) is 82.4 Å². The van der Waals surface area contributed by atoms with E-state index in [1.807, 2.05) is 4.90 Å². The van der Waals surface area contributed by atoms with E-state index in [-0.39, 0.29) is 35.3 Å². The zero-order chi connectivity index (χ0) is 32.0. The summed E-state index contributed by atoms with van der Waals surface area (Å²) in [6, 6.07) is 11.6. The standard InChI is InChI=1S/C29H24ClF6N3O4S/c1-18(40)37-12-13-38-20(16-37)17-39(44(41,42)22-5-2-4-21(15-22)43-29(34,35)36)27-14-19(9-11-26(27)38)8-10-23-24(28(31,32)33)6-3-7-25(23)30/h2-11,14-15,20H,12-13,16-17H2,1H3. The van der Waals surface area contributed by atoms with Gasteiger partial charge in [-0.05, 0) is 42.0 Å². The lowest BCUT2D eigenvalue weighted by Crippen LogP contribution is -2.61. The van der Waals surface area contributed by atoms with Crippen LogP contribution in [0.25, 0.3) is 12.2 Å². The van der Waals surface area contributed by atoms with E-state index >= 15 is 0 Å². The van der Waals surface area contributed by atoms with E-state index in [0.29, 0.717) is 24.3 Å². The number of halogens is 7. The number of alkyl halides is 6. The number of fused-ring (bicyclic) bond motifs is 3. The highest BCUT2D eigenvalue weighted by atomic mass is 35.5. The molecule has 2 aliphatic rings. The Morgan fingerprint density at radius 3 is 2.34 bits per heavy atom. The fraction of sp³-hybridized carbons (Fsp3) is 0.276. The molecule has 0 N–H and O–H groups in total. The van der Waals surface area contributed by atoms with Crippen molar-refractivity contribution in [1.29, 1.82) is 0 Å². The number of nitrogens with zero attached hydrogens (tertiary/aromatic N) is 3. The molecule has 1 amide bonds. The Bertz CT molecular complexity index is 1730. The summed E-state index contributed by atoms with van der Waals surface area (Å²) in [5, 5.41) is -0.134. The number of carbonyl (C=O) groups excluding carboxylic acids is 1. The van der Waals surface area contributed by atoms with Gasteiger partial charge in [0.1, 0.15) is 5.75 Å². The fourth-order valence-corrected chi connectivity index (χ4v) is 7.09. The molecule has 0 saturated carbocycles. The second kappa shape index (κ2) is 11.5. The van der Waals surface area contributed by atoms with Crippen LogP contribution in [0.15, 0.2) is 65.6 Å². The Labute approximate surface area is 253 Å². The maximum atomic E-state index is 14.0. The first-order valence-corrected chi connectivity index (χ1v) is 14.9. The van der Waals surface area contributed by atoms with E-state index in [1.165, 1.54) is 37.3 Å². The molecule has 234 valence electrons. The second-order valence-corrected chi connectivity index (χ2v) is 12.4. The van der Waals surface area contributed by atoms with Crippen molar-refractivity contribution >= 4 is 51.1 Å². The maximum absolute atomic E-state index is 14.0. The average Bonchev–Trinajstić information content (AvgIpc) is 2.94. The number of ether oxygens (including phenoxy) is 1. The van der Waals surface area contributed by atoms with E-state index < -0.39 is 44.8 Å². The SMILES string of the molecule is CC(=O)N1CCN2c3ccc(C=Cc4c(Cl)cccc4C(F)(F)F)cc3N(S(=O)(=O)c3cccc(OC(F)(F)F)c3)CC2C1. The van der Waals surface area contributed by atoms with Crippen LogP contribution in [0.1, 0.15) is 23.6 Å². The van der Waals surface area contributed by atoms with Crippen molar-refractivity contribution in [2.24, 2.45) is 0 Å². The third kappa shape index (κ3) is 6.46. The molecule has 0 aromatic heterocycles. The van der Waals surface area contributed by atoms with E-state index in [2.05, 4.69) is 4.74 Å². The molecule has 5 rings (SSSR count). The van der Waals surface area contributed by atoms with E-state index in [4.69, 9.17) is 11.6 Å². The summed E-state index contributed by atoms with van der Waals surface area (Å²) in [5.41, 5.74) is -0.244. The Morgan fingerprint density at radius 1 is 0.932 bits per heavy atom. The topological polar surface area (TPSA) is 70.2 Å². The molecule has 2 heterocycles. The zero-order valence-corrected chi connectivity index (χ0v) is 24.4. The summed E-state index contributed by atoms with van der Waals surface area (Å²) in [6.45, 7) is 2.20. The van der Waals surface area contributed by atoms with Crippen molar-refractivity contribution in [1.82, 2.24) is 4.90 Å². The highest BCUT2D eigenvalue weighted by Crippen LogP contribution is 2.42. The lowest BCUT2D eigenvalue weighted by atomic mass is 10.0. The smallest absolute Gasteiger partial charge is 0.406 e. The van der Waals surface area contributed by atoms with Gasteiger partial charge in [-0.3, -0.25) is 9.10 Å². The van der Waals surface area contributed by atoms with Crippen LogP contribution >= 0.6 is 11.6 Å². The summed E-state index contributed by atoms with van der Waals surface area (Å²) >= 11 is 6.08. The van der Waals surface area contributed by atoms with Crippen molar-refractivity contribution in [2.45, 2.75) is 30.4 Å². The quantitative estimate of drug-likeness (QED) is 0.226. The van der Waals surface area contributed by atoms with Gasteiger partial charge in [-0.15, -0.1) is 13.2 Å². The van der Waals surface area contributed by atoms with E-state index in [9.17, 15) is 39.6 Å². The number of benzene rings is 3. The summed E-state index contributed by atoms with van der Waals surface area (Å²) in [6.07, 6.45) is -7.18. The van der Waals surface area contributed by atoms with Gasteiger partial charge in [-0.1, -0.05) is 42.0 Å². The molecule has 44 heavy (non-hydrogen) atoms. The average molecular weight is 660 g/mol. The molecule has 1 unspecified atom stereocenters. The number of rotatable bonds is 5. The van der Waals surface area contributed by atoms with E-state index in [1.54, 1.807) is 17.0 Å². The maximum Gasteiger partial charge on any atom is 0.573 e. The van der Waals surface area contributed by atoms with Crippen LogP contribution < -0.4 is 13.9 Å². The number of anilines is 2. The Morgan fingerprint density at radius 2 is 1.66 bits per heavy atom. The monoisotopic (exact) mass is 659 g/mol. The molecule has 1 fully saturated rings. The Kier molecular flexibility index (Phi) is 8.27. The van der Waals surface area contributed by atoms with Crippen LogP contribution in [0.5, 0.6) is 5.75 Å². The van der Waals surface area contributed by atoms with Gasteiger partial charge in [0.25, 0.3) is 10.0 Å². The summed E-state index contributed by atoms with van der Waals surface area (Å²) in [5.74, 6) is -0.921. The van der Waals surface area contributed by atoms with Crippen LogP contribution in [-0.2, 0) is 21.0 Å². The van der Waals surface area contributed by atoms with Crippen molar-refractivity contribution < 1.29 is 44.3 Å². The minimum absolute atomic E-state index is 0.134. The van der Waals surface area contributed by atoms with Crippen LogP contribution in [0.2, 0.25) is 5.02 Å². The zero-order valence-electron chi connectivity index (χ0n) is 22.9. The summed E-state index contributed by atoms with van der Waals surface area (Å²) in [4.78, 5) is 15.1. The first-order chi connectivity index (χ1) is 20.5. The molecule has 3 aromatic rings. The largest absolute Gasteiger partial charge is 0.573 e. The molecule has 0 bridgehead atoms. The van der Waals surface area contributed by atoms with Crippen LogP contribution in [-0.4, -0.2) is 57.8 Å². The Balaban J connectivity index is 1.59. The normalized spacial score (nSPS) is 17.5. The van der Waals surface area contributed by atoms with Crippen molar-refractivity contribution in [3.63, 3.8) is 0 Å². The number of hydrogen-bond donors (Lipinski definition) is 0. The predicted octanol–water partition coefficient (Wildman–Crippen LogP) is 6.67. The highest BCUT2D eigenvalue weighted by molar-refractivity contribution is 7.92. The van der Waals surface area contributed by atoms with Gasteiger partial charge < -0.3 is 14.5 Å². The van der Waals surface area contributed by atoms with Gasteiger partial charge >= 0.3 is 12.5 Å². The second-order valence-electron chi connectivity index (χ2n) is 10.2. The third-order valence-electron chi connectivity index (χ3n) is 7.31. The molecule has 15 heteroatoms. The minimum atomic E-state index is -5.05. The van der Waals surface area contributed by atoms with Gasteiger partial charge in [0.15, 0.2) is 0 Å². The number of hydrogen-bond acceptors (Lipinski definition) is 5. The van der Waals surface area contributed by atoms with Crippen LogP contribution in [0.3, 0.4) is 0 Å². The predicted molar refractivity (Wildman–Crippen MR) is 153 cm³/mol. The third-order valence-corrected chi connectivity index (χ3v) is 9.42. The summed E-state index contributed by atoms with van der Waals surface area (Å²) < 4.78 is 112. The molecular formula is C29H24ClF6N3O4S. The van der Waals surface area contributed by atoms with Gasteiger partial charge in [0.05, 0.1) is 34.4 Å². The molecule has 0 spiro atoms. The first kappa shape index (κ1) is 31.5. The summed E-state index contributed by atoms with van der Waals surface area (Å²) in [7, 11) is -4.50. The molecular weight excluding hydrogens is 636 g/mol. The van der Waals surface area contributed by atoms with Crippen LogP contribution in [0, 0.1) is 0 Å². The highest BCUT2D eigenvalue weighted by Gasteiger charge is 2.41. The lowest BCUT2D eigenvalue weighted by Gasteiger charge is -2.49. The number of sulfonamides is 1. The number of piperazine rings is 1. The molecule has 0 radical (unpaired) electrons. The molecule has 3 aromatic carbocycles. The number of amides is 1. The van der Waals surface area contributed by atoms with Crippen molar-refractivity contribution in [2.75, 3.05) is 35.4 Å². The van der Waals surface area contributed by atoms with Crippen LogP contribution in [0.4, 0.5) is 37.7 Å². The van der Waals surface area contributed by atoms with E-state index in [0.717, 1.165) is 34.6 Å². The lowest BCUT2D eigenvalue weighted by molar-refractivity contribution is -0.274. The molecule has 1 saturated heterocycles. The minimum Gasteiger partial charge on any atom is -0.406 e. The first-order valence-electron chi connectivity index (χ1n) is 13.1. The fourth-order valence-electron chi connectivity index (χ4n) is 5.31. The molecule has 2 aliphatic heterocycles. The molecule has 7 nitrogen and oxygen atoms in total. The van der Waals surface area contributed by atoms with Crippen molar-refractivity contribution in [3.8, 4) is 5.75 Å². The van der Waals surface area contributed by atoms with Gasteiger partial charge in [0, 0.05) is 43.2 Å². The number of carbonyl (C=O) groups is 1. The molecule has 1 atom stereocenters. The van der Waals surface area contributed by atoms with Gasteiger partial charge in [-0.2, -0.15) is 13.2 Å². The Hall–Kier alpha value is -3.91. The molecule has 0 aliphatic carbocycles.